The summed E-state index contributed by atoms with van der Waals surface area (Å²) in [7, 11) is -3.32. The lowest BCUT2D eigenvalue weighted by atomic mass is 10.2. The highest BCUT2D eigenvalue weighted by molar-refractivity contribution is 7.92. The van der Waals surface area contributed by atoms with Crippen molar-refractivity contribution in [3.8, 4) is 0 Å². The topological polar surface area (TPSA) is 84.0 Å². The third kappa shape index (κ3) is 3.57. The fraction of sp³-hybridized carbons (Fsp3) is 0.125. The van der Waals surface area contributed by atoms with Crippen molar-refractivity contribution in [1.29, 1.82) is 0 Å². The normalized spacial score (nSPS) is 11.3. The zero-order valence-corrected chi connectivity index (χ0v) is 13.3. The molecule has 0 amide bonds. The number of hydrogen-bond donors (Lipinski definition) is 2. The van der Waals surface area contributed by atoms with Crippen molar-refractivity contribution in [2.24, 2.45) is 0 Å². The second-order valence-corrected chi connectivity index (χ2v) is 6.95. The van der Waals surface area contributed by atoms with Crippen LogP contribution in [0.5, 0.6) is 0 Å². The van der Waals surface area contributed by atoms with Crippen LogP contribution in [0.4, 0.5) is 17.2 Å². The highest BCUT2D eigenvalue weighted by Gasteiger charge is 2.08. The molecule has 0 aliphatic heterocycles. The van der Waals surface area contributed by atoms with E-state index >= 15 is 0 Å². The lowest BCUT2D eigenvalue weighted by molar-refractivity contribution is 0.602. The largest absolute Gasteiger partial charge is 0.352 e. The molecule has 0 aliphatic rings. The van der Waals surface area contributed by atoms with E-state index in [9.17, 15) is 8.42 Å². The van der Waals surface area contributed by atoms with Crippen LogP contribution in [0.1, 0.15) is 6.92 Å². The summed E-state index contributed by atoms with van der Waals surface area (Å²) < 4.78 is 25.4. The molecule has 0 unspecified atom stereocenters. The van der Waals surface area contributed by atoms with Gasteiger partial charge >= 0.3 is 0 Å². The molecule has 118 valence electrons. The maximum Gasteiger partial charge on any atom is 0.233 e. The number of pyridine rings is 2. The summed E-state index contributed by atoms with van der Waals surface area (Å²) in [6, 6.07) is 13.1. The Morgan fingerprint density at radius 3 is 2.61 bits per heavy atom. The van der Waals surface area contributed by atoms with Gasteiger partial charge in [0.2, 0.25) is 10.0 Å². The molecule has 3 rings (SSSR count). The zero-order chi connectivity index (χ0) is 16.3. The summed E-state index contributed by atoms with van der Waals surface area (Å²) in [6.07, 6.45) is 3.32. The summed E-state index contributed by atoms with van der Waals surface area (Å²) >= 11 is 0. The fourth-order valence-electron chi connectivity index (χ4n) is 2.12. The Labute approximate surface area is 134 Å². The first kappa shape index (κ1) is 15.2. The SMILES string of the molecule is CCS(=O)(=O)Nc1ccc(Nc2cccc3cccnc23)cn1. The highest BCUT2D eigenvalue weighted by Crippen LogP contribution is 2.24. The number of nitrogens with one attached hydrogen (secondary N) is 2. The molecule has 2 aromatic heterocycles. The van der Waals surface area contributed by atoms with Gasteiger partial charge in [-0.05, 0) is 31.2 Å². The van der Waals surface area contributed by atoms with Gasteiger partial charge in [0.1, 0.15) is 5.82 Å². The van der Waals surface area contributed by atoms with Crippen LogP contribution in [0.15, 0.2) is 54.9 Å². The molecular weight excluding hydrogens is 312 g/mol. The fourth-order valence-corrected chi connectivity index (χ4v) is 2.70. The predicted octanol–water partition coefficient (Wildman–Crippen LogP) is 3.14. The van der Waals surface area contributed by atoms with Crippen molar-refractivity contribution >= 4 is 38.1 Å². The lowest BCUT2D eigenvalue weighted by Crippen LogP contribution is -2.15. The molecule has 2 N–H and O–H groups in total. The Balaban J connectivity index is 1.83. The summed E-state index contributed by atoms with van der Waals surface area (Å²) in [5, 5.41) is 4.29. The maximum absolute atomic E-state index is 11.5. The van der Waals surface area contributed by atoms with Gasteiger partial charge in [-0.1, -0.05) is 18.2 Å². The summed E-state index contributed by atoms with van der Waals surface area (Å²) in [6.45, 7) is 1.58. The molecule has 0 saturated carbocycles. The third-order valence-corrected chi connectivity index (χ3v) is 4.60. The standard InChI is InChI=1S/C16H16N4O2S/c1-2-23(21,22)20-15-9-8-13(11-18-15)19-14-7-3-5-12-6-4-10-17-16(12)14/h3-11,19H,2H2,1H3,(H,18,20). The number of hydrogen-bond acceptors (Lipinski definition) is 5. The molecule has 0 radical (unpaired) electrons. The maximum atomic E-state index is 11.5. The number of sulfonamides is 1. The van der Waals surface area contributed by atoms with Crippen LogP contribution in [0.3, 0.4) is 0 Å². The van der Waals surface area contributed by atoms with Gasteiger partial charge in [0.15, 0.2) is 0 Å². The quantitative estimate of drug-likeness (QED) is 0.752. The molecule has 0 atom stereocenters. The first-order chi connectivity index (χ1) is 11.1. The number of aromatic nitrogens is 2. The van der Waals surface area contributed by atoms with E-state index in [4.69, 9.17) is 0 Å². The predicted molar refractivity (Wildman–Crippen MR) is 92.3 cm³/mol. The van der Waals surface area contributed by atoms with E-state index in [1.165, 1.54) is 0 Å². The Kier molecular flexibility index (Phi) is 4.12. The molecule has 1 aromatic carbocycles. The van der Waals surface area contributed by atoms with E-state index in [0.29, 0.717) is 5.82 Å². The number of para-hydroxylation sites is 1. The minimum absolute atomic E-state index is 0.0103. The minimum atomic E-state index is -3.32. The summed E-state index contributed by atoms with van der Waals surface area (Å²) in [4.78, 5) is 8.49. The van der Waals surface area contributed by atoms with Crippen LogP contribution in [-0.4, -0.2) is 24.1 Å². The number of nitrogens with zero attached hydrogens (tertiary/aromatic N) is 2. The summed E-state index contributed by atoms with van der Waals surface area (Å²) in [5.74, 6) is 0.310. The van der Waals surface area contributed by atoms with Crippen LogP contribution >= 0.6 is 0 Å². The monoisotopic (exact) mass is 328 g/mol. The highest BCUT2D eigenvalue weighted by atomic mass is 32.2. The molecule has 3 aromatic rings. The first-order valence-electron chi connectivity index (χ1n) is 7.15. The van der Waals surface area contributed by atoms with Crippen LogP contribution in [0.25, 0.3) is 10.9 Å². The molecule has 0 saturated heterocycles. The molecule has 0 aliphatic carbocycles. The van der Waals surface area contributed by atoms with Gasteiger partial charge in [0.25, 0.3) is 0 Å². The van der Waals surface area contributed by atoms with Gasteiger partial charge in [-0.25, -0.2) is 13.4 Å². The number of fused-ring (bicyclic) bond motifs is 1. The molecule has 7 heteroatoms. The Hall–Kier alpha value is -2.67. The van der Waals surface area contributed by atoms with Crippen molar-refractivity contribution in [2.75, 3.05) is 15.8 Å². The molecule has 0 fully saturated rings. The van der Waals surface area contributed by atoms with E-state index in [0.717, 1.165) is 22.3 Å². The van der Waals surface area contributed by atoms with Crippen molar-refractivity contribution in [3.05, 3.63) is 54.9 Å². The second-order valence-electron chi connectivity index (χ2n) is 4.94. The number of benzene rings is 1. The second kappa shape index (κ2) is 6.21. The Morgan fingerprint density at radius 1 is 1.04 bits per heavy atom. The van der Waals surface area contributed by atoms with Gasteiger partial charge in [0, 0.05) is 11.6 Å². The van der Waals surface area contributed by atoms with E-state index in [1.54, 1.807) is 31.5 Å². The van der Waals surface area contributed by atoms with Crippen molar-refractivity contribution in [2.45, 2.75) is 6.92 Å². The van der Waals surface area contributed by atoms with E-state index < -0.39 is 10.0 Å². The van der Waals surface area contributed by atoms with Crippen molar-refractivity contribution < 1.29 is 8.42 Å². The van der Waals surface area contributed by atoms with Gasteiger partial charge in [-0.3, -0.25) is 9.71 Å². The van der Waals surface area contributed by atoms with Crippen molar-refractivity contribution in [1.82, 2.24) is 9.97 Å². The average Bonchev–Trinajstić information content (AvgIpc) is 2.57. The number of anilines is 3. The summed E-state index contributed by atoms with van der Waals surface area (Å²) in [5.41, 5.74) is 2.49. The molecule has 23 heavy (non-hydrogen) atoms. The molecular formula is C16H16N4O2S. The van der Waals surface area contributed by atoms with Gasteiger partial charge < -0.3 is 5.32 Å². The van der Waals surface area contributed by atoms with Gasteiger partial charge in [-0.2, -0.15) is 0 Å². The van der Waals surface area contributed by atoms with Crippen LogP contribution < -0.4 is 10.0 Å². The Bertz CT molecular complexity index is 919. The van der Waals surface area contributed by atoms with Gasteiger partial charge in [0.05, 0.1) is 28.8 Å². The first-order valence-corrected chi connectivity index (χ1v) is 8.80. The minimum Gasteiger partial charge on any atom is -0.352 e. The number of rotatable bonds is 5. The average molecular weight is 328 g/mol. The molecule has 2 heterocycles. The smallest absolute Gasteiger partial charge is 0.233 e. The zero-order valence-electron chi connectivity index (χ0n) is 12.5. The lowest BCUT2D eigenvalue weighted by Gasteiger charge is -2.10. The van der Waals surface area contributed by atoms with E-state index in [1.807, 2.05) is 30.3 Å². The van der Waals surface area contributed by atoms with Crippen LogP contribution in [0.2, 0.25) is 0 Å². The molecule has 0 spiro atoms. The Morgan fingerprint density at radius 2 is 1.87 bits per heavy atom. The van der Waals surface area contributed by atoms with E-state index in [2.05, 4.69) is 20.0 Å². The van der Waals surface area contributed by atoms with Crippen LogP contribution in [0, 0.1) is 0 Å². The van der Waals surface area contributed by atoms with Crippen molar-refractivity contribution in [3.63, 3.8) is 0 Å². The van der Waals surface area contributed by atoms with Crippen LogP contribution in [-0.2, 0) is 10.0 Å². The van der Waals surface area contributed by atoms with E-state index in [-0.39, 0.29) is 5.75 Å². The molecule has 6 nitrogen and oxygen atoms in total. The molecule has 0 bridgehead atoms. The third-order valence-electron chi connectivity index (χ3n) is 3.32. The van der Waals surface area contributed by atoms with Gasteiger partial charge in [-0.15, -0.1) is 0 Å².